The highest BCUT2D eigenvalue weighted by Crippen LogP contribution is 2.58. The Morgan fingerprint density at radius 3 is 2.75 bits per heavy atom. The molecule has 2 unspecified atom stereocenters. The zero-order valence-electron chi connectivity index (χ0n) is 6.78. The molecule has 1 N–H and O–H groups in total. The monoisotopic (exact) mass is 204 g/mol. The van der Waals surface area contributed by atoms with Crippen LogP contribution in [0.15, 0.2) is 0 Å². The lowest BCUT2D eigenvalue weighted by Crippen LogP contribution is -2.48. The first kappa shape index (κ1) is 8.75. The Balaban J connectivity index is 2.05. The molecule has 1 spiro atoms. The summed E-state index contributed by atoms with van der Waals surface area (Å²) in [5.41, 5.74) is 0. The molecule has 2 fully saturated rings. The number of carbonyl (C=O) groups is 1. The van der Waals surface area contributed by atoms with E-state index >= 15 is 0 Å². The van der Waals surface area contributed by atoms with E-state index in [4.69, 9.17) is 5.11 Å². The summed E-state index contributed by atoms with van der Waals surface area (Å²) in [5, 5.41) is 8.93. The molecule has 1 saturated heterocycles. The van der Waals surface area contributed by atoms with Gasteiger partial charge in [0.05, 0.1) is 5.92 Å². The van der Waals surface area contributed by atoms with Crippen LogP contribution in [0.4, 0.5) is 0 Å². The minimum Gasteiger partial charge on any atom is -0.481 e. The van der Waals surface area contributed by atoms with Crippen molar-refractivity contribution in [1.82, 2.24) is 0 Å². The van der Waals surface area contributed by atoms with Crippen LogP contribution in [0.1, 0.15) is 25.7 Å². The third-order valence-corrected chi connectivity index (χ3v) is 6.29. The van der Waals surface area contributed by atoms with Gasteiger partial charge >= 0.3 is 5.97 Å². The molecule has 2 rings (SSSR count). The molecule has 68 valence electrons. The average Bonchev–Trinajstić information content (AvgIpc) is 2.03. The van der Waals surface area contributed by atoms with Crippen molar-refractivity contribution in [2.75, 3.05) is 5.75 Å². The van der Waals surface area contributed by atoms with Gasteiger partial charge in [0.2, 0.25) is 0 Å². The van der Waals surface area contributed by atoms with Crippen LogP contribution in [0.2, 0.25) is 0 Å². The summed E-state index contributed by atoms with van der Waals surface area (Å²) in [5.74, 6) is 0.546. The van der Waals surface area contributed by atoms with E-state index in [1.807, 2.05) is 21.6 Å². The predicted molar refractivity (Wildman–Crippen MR) is 52.4 cm³/mol. The lowest BCUT2D eigenvalue weighted by atomic mass is 9.70. The van der Waals surface area contributed by atoms with Crippen LogP contribution in [0.3, 0.4) is 0 Å². The van der Waals surface area contributed by atoms with Gasteiger partial charge in [0.15, 0.2) is 0 Å². The number of carboxylic acids is 1. The lowest BCUT2D eigenvalue weighted by molar-refractivity contribution is -0.146. The lowest BCUT2D eigenvalue weighted by Gasteiger charge is -2.48. The molecular weight excluding hydrogens is 192 g/mol. The molecule has 4 heteroatoms. The van der Waals surface area contributed by atoms with Crippen molar-refractivity contribution < 1.29 is 9.90 Å². The van der Waals surface area contributed by atoms with Gasteiger partial charge in [-0.1, -0.05) is 21.6 Å². The maximum absolute atomic E-state index is 10.8. The summed E-state index contributed by atoms with van der Waals surface area (Å²) in [4.78, 5) is 10.8. The zero-order valence-corrected chi connectivity index (χ0v) is 8.42. The number of aliphatic carboxylic acids is 1. The molecule has 2 aliphatic rings. The van der Waals surface area contributed by atoms with Crippen molar-refractivity contribution >= 4 is 27.6 Å². The summed E-state index contributed by atoms with van der Waals surface area (Å²) in [6.07, 6.45) is 4.31. The minimum absolute atomic E-state index is 0.0599. The molecule has 1 saturated carbocycles. The zero-order chi connectivity index (χ0) is 8.60. The van der Waals surface area contributed by atoms with Gasteiger partial charge in [-0.05, 0) is 25.7 Å². The van der Waals surface area contributed by atoms with Gasteiger partial charge in [-0.3, -0.25) is 4.79 Å². The first-order valence-corrected chi connectivity index (χ1v) is 6.60. The molecule has 1 heterocycles. The Kier molecular flexibility index (Phi) is 2.29. The van der Waals surface area contributed by atoms with E-state index in [1.54, 1.807) is 0 Å². The number of hydrogen-bond acceptors (Lipinski definition) is 3. The normalized spacial score (nSPS) is 40.8. The molecule has 0 bridgehead atoms. The summed E-state index contributed by atoms with van der Waals surface area (Å²) in [6.45, 7) is 0. The second kappa shape index (κ2) is 3.14. The summed E-state index contributed by atoms with van der Waals surface area (Å²) in [6, 6.07) is 0. The molecule has 0 radical (unpaired) electrons. The van der Waals surface area contributed by atoms with Crippen molar-refractivity contribution in [3.8, 4) is 0 Å². The van der Waals surface area contributed by atoms with Gasteiger partial charge in [-0.2, -0.15) is 0 Å². The standard InChI is InChI=1S/C8H12O2S2/c9-7(10)6-2-4-8(6)3-1-5-11-12-8/h6H,1-5H2,(H,9,10). The SMILES string of the molecule is O=C(O)C1CCC12CCCSS2. The maximum Gasteiger partial charge on any atom is 0.307 e. The largest absolute Gasteiger partial charge is 0.481 e. The van der Waals surface area contributed by atoms with Gasteiger partial charge in [-0.15, -0.1) is 0 Å². The van der Waals surface area contributed by atoms with Crippen molar-refractivity contribution in [1.29, 1.82) is 0 Å². The smallest absolute Gasteiger partial charge is 0.307 e. The van der Waals surface area contributed by atoms with E-state index in [-0.39, 0.29) is 10.7 Å². The third-order valence-electron chi connectivity index (χ3n) is 2.84. The Hall–Kier alpha value is 0.170. The van der Waals surface area contributed by atoms with Crippen LogP contribution < -0.4 is 0 Å². The fraction of sp³-hybridized carbons (Fsp3) is 0.875. The summed E-state index contributed by atoms with van der Waals surface area (Å²) < 4.78 is 0.120. The maximum atomic E-state index is 10.8. The van der Waals surface area contributed by atoms with Gasteiger partial charge in [0, 0.05) is 10.5 Å². The molecule has 0 aromatic carbocycles. The molecule has 0 aromatic heterocycles. The number of rotatable bonds is 1. The van der Waals surface area contributed by atoms with Crippen LogP contribution >= 0.6 is 21.6 Å². The fourth-order valence-electron chi connectivity index (χ4n) is 1.99. The van der Waals surface area contributed by atoms with Gasteiger partial charge in [0.1, 0.15) is 0 Å². The number of carboxylic acid groups (broad SMARTS) is 1. The molecule has 1 aliphatic heterocycles. The first-order valence-electron chi connectivity index (χ1n) is 4.28. The van der Waals surface area contributed by atoms with Crippen LogP contribution in [-0.4, -0.2) is 21.6 Å². The fourth-order valence-corrected chi connectivity index (χ4v) is 5.49. The van der Waals surface area contributed by atoms with Crippen molar-refractivity contribution in [2.24, 2.45) is 5.92 Å². The van der Waals surface area contributed by atoms with E-state index < -0.39 is 5.97 Å². The van der Waals surface area contributed by atoms with Crippen molar-refractivity contribution in [2.45, 2.75) is 30.4 Å². The average molecular weight is 204 g/mol. The predicted octanol–water partition coefficient (Wildman–Crippen LogP) is 2.40. The molecule has 2 nitrogen and oxygen atoms in total. The highest BCUT2D eigenvalue weighted by atomic mass is 33.1. The van der Waals surface area contributed by atoms with Gasteiger partial charge in [-0.25, -0.2) is 0 Å². The topological polar surface area (TPSA) is 37.3 Å². The van der Waals surface area contributed by atoms with Crippen molar-refractivity contribution in [3.63, 3.8) is 0 Å². The van der Waals surface area contributed by atoms with E-state index in [0.717, 1.165) is 19.3 Å². The van der Waals surface area contributed by atoms with E-state index in [9.17, 15) is 4.79 Å². The second-order valence-corrected chi connectivity index (χ2v) is 6.33. The van der Waals surface area contributed by atoms with Crippen molar-refractivity contribution in [3.05, 3.63) is 0 Å². The Morgan fingerprint density at radius 2 is 2.33 bits per heavy atom. The van der Waals surface area contributed by atoms with Crippen LogP contribution in [0, 0.1) is 5.92 Å². The molecule has 12 heavy (non-hydrogen) atoms. The Labute approximate surface area is 79.9 Å². The Bertz CT molecular complexity index is 199. The highest BCUT2D eigenvalue weighted by molar-refractivity contribution is 8.77. The van der Waals surface area contributed by atoms with E-state index in [1.165, 1.54) is 12.2 Å². The Morgan fingerprint density at radius 1 is 1.50 bits per heavy atom. The molecule has 1 aliphatic carbocycles. The quantitative estimate of drug-likeness (QED) is 0.665. The molecular formula is C8H12O2S2. The summed E-state index contributed by atoms with van der Waals surface area (Å²) in [7, 11) is 3.68. The minimum atomic E-state index is -0.587. The molecule has 0 aromatic rings. The highest BCUT2D eigenvalue weighted by Gasteiger charge is 2.52. The van der Waals surface area contributed by atoms with Crippen LogP contribution in [0.5, 0.6) is 0 Å². The van der Waals surface area contributed by atoms with Gasteiger partial charge < -0.3 is 5.11 Å². The third kappa shape index (κ3) is 1.25. The van der Waals surface area contributed by atoms with Crippen LogP contribution in [-0.2, 0) is 4.79 Å². The summed E-state index contributed by atoms with van der Waals surface area (Å²) >= 11 is 0. The van der Waals surface area contributed by atoms with Gasteiger partial charge in [0.25, 0.3) is 0 Å². The molecule has 0 amide bonds. The number of hydrogen-bond donors (Lipinski definition) is 1. The molecule has 2 atom stereocenters. The first-order chi connectivity index (χ1) is 5.75. The van der Waals surface area contributed by atoms with E-state index in [2.05, 4.69) is 0 Å². The van der Waals surface area contributed by atoms with E-state index in [0.29, 0.717) is 0 Å². The van der Waals surface area contributed by atoms with Crippen LogP contribution in [0.25, 0.3) is 0 Å². The second-order valence-electron chi connectivity index (χ2n) is 3.50.